The number of hydrogen-bond donors (Lipinski definition) is 1. The van der Waals surface area contributed by atoms with E-state index in [1.54, 1.807) is 0 Å². The van der Waals surface area contributed by atoms with Crippen molar-refractivity contribution >= 4 is 39.8 Å². The van der Waals surface area contributed by atoms with Crippen molar-refractivity contribution in [2.24, 2.45) is 0 Å². The van der Waals surface area contributed by atoms with Crippen molar-refractivity contribution in [3.05, 3.63) is 29.8 Å². The van der Waals surface area contributed by atoms with Crippen LogP contribution in [-0.2, 0) is 4.79 Å². The smallest absolute Gasteiger partial charge is 0.235 e. The van der Waals surface area contributed by atoms with E-state index >= 15 is 0 Å². The Labute approximate surface area is 163 Å². The highest BCUT2D eigenvalue weighted by Gasteiger charge is 2.26. The summed E-state index contributed by atoms with van der Waals surface area (Å²) in [5.41, 5.74) is 2.21. The Bertz CT molecular complexity index is 725. The Morgan fingerprint density at radius 3 is 2.62 bits per heavy atom. The molecule has 1 aromatic heterocycles. The van der Waals surface area contributed by atoms with Gasteiger partial charge in [-0.2, -0.15) is 0 Å². The lowest BCUT2D eigenvalue weighted by molar-refractivity contribution is -0.131. The second-order valence-corrected chi connectivity index (χ2v) is 9.43. The van der Waals surface area contributed by atoms with E-state index in [0.29, 0.717) is 6.04 Å². The van der Waals surface area contributed by atoms with Gasteiger partial charge in [0.2, 0.25) is 11.0 Å². The van der Waals surface area contributed by atoms with Crippen molar-refractivity contribution in [3.63, 3.8) is 0 Å². The highest BCUT2D eigenvalue weighted by atomic mass is 32.2. The van der Waals surface area contributed by atoms with Gasteiger partial charge in [0.1, 0.15) is 0 Å². The van der Waals surface area contributed by atoms with E-state index in [-0.39, 0.29) is 11.2 Å². The maximum Gasteiger partial charge on any atom is 0.235 e. The van der Waals surface area contributed by atoms with E-state index in [0.717, 1.165) is 28.0 Å². The van der Waals surface area contributed by atoms with Crippen LogP contribution in [0.25, 0.3) is 0 Å². The maximum atomic E-state index is 12.7. The summed E-state index contributed by atoms with van der Waals surface area (Å²) in [5, 5.41) is 12.3. The molecular weight excluding hydrogens is 364 g/mol. The monoisotopic (exact) mass is 390 g/mol. The fourth-order valence-corrected chi connectivity index (χ4v) is 5.22. The zero-order valence-corrected chi connectivity index (χ0v) is 17.2. The largest absolute Gasteiger partial charge is 0.342 e. The van der Waals surface area contributed by atoms with Crippen molar-refractivity contribution in [3.8, 4) is 0 Å². The van der Waals surface area contributed by atoms with Crippen LogP contribution in [0.1, 0.15) is 44.6 Å². The molecule has 26 heavy (non-hydrogen) atoms. The number of amides is 1. The Morgan fingerprint density at radius 2 is 1.92 bits per heavy atom. The normalized spacial score (nSPS) is 16.3. The summed E-state index contributed by atoms with van der Waals surface area (Å²) in [6.07, 6.45) is 6.01. The molecule has 1 aliphatic carbocycles. The maximum absolute atomic E-state index is 12.7. The van der Waals surface area contributed by atoms with Gasteiger partial charge in [0, 0.05) is 18.8 Å². The van der Waals surface area contributed by atoms with Crippen molar-refractivity contribution in [2.75, 3.05) is 12.4 Å². The predicted octanol–water partition coefficient (Wildman–Crippen LogP) is 4.86. The number of nitrogens with one attached hydrogen (secondary N) is 1. The van der Waals surface area contributed by atoms with Crippen LogP contribution >= 0.6 is 23.1 Å². The molecule has 0 radical (unpaired) electrons. The Kier molecular flexibility index (Phi) is 6.53. The van der Waals surface area contributed by atoms with Crippen molar-refractivity contribution in [1.29, 1.82) is 0 Å². The molecule has 1 aromatic carbocycles. The number of carbonyl (C=O) groups excluding carboxylic acids is 1. The molecule has 1 unspecified atom stereocenters. The van der Waals surface area contributed by atoms with Crippen LogP contribution in [0.15, 0.2) is 28.6 Å². The molecule has 1 amide bonds. The Morgan fingerprint density at radius 1 is 1.23 bits per heavy atom. The minimum Gasteiger partial charge on any atom is -0.342 e. The first kappa shape index (κ1) is 19.2. The van der Waals surface area contributed by atoms with E-state index in [4.69, 9.17) is 0 Å². The quantitative estimate of drug-likeness (QED) is 0.714. The molecule has 2 aromatic rings. The number of rotatable bonds is 6. The minimum atomic E-state index is -0.151. The van der Waals surface area contributed by atoms with Crippen LogP contribution < -0.4 is 5.32 Å². The Balaban J connectivity index is 1.55. The molecule has 1 N–H and O–H groups in total. The highest BCUT2D eigenvalue weighted by molar-refractivity contribution is 8.02. The molecule has 0 saturated heterocycles. The lowest BCUT2D eigenvalue weighted by Crippen LogP contribution is -2.42. The van der Waals surface area contributed by atoms with Gasteiger partial charge in [-0.05, 0) is 38.8 Å². The average molecular weight is 391 g/mol. The van der Waals surface area contributed by atoms with Crippen LogP contribution in [0.3, 0.4) is 0 Å². The highest BCUT2D eigenvalue weighted by Crippen LogP contribution is 2.32. The molecule has 7 heteroatoms. The number of carbonyl (C=O) groups is 1. The van der Waals surface area contributed by atoms with E-state index < -0.39 is 0 Å². The molecule has 5 nitrogen and oxygen atoms in total. The van der Waals surface area contributed by atoms with Crippen LogP contribution in [0.5, 0.6) is 0 Å². The molecule has 0 spiro atoms. The lowest BCUT2D eigenvalue weighted by atomic mass is 9.94. The van der Waals surface area contributed by atoms with Crippen LogP contribution in [0, 0.1) is 6.92 Å². The third-order valence-corrected chi connectivity index (χ3v) is 6.82. The summed E-state index contributed by atoms with van der Waals surface area (Å²) in [5.74, 6) is 0.185. The van der Waals surface area contributed by atoms with Crippen molar-refractivity contribution in [1.82, 2.24) is 15.1 Å². The molecule has 140 valence electrons. The van der Waals surface area contributed by atoms with Crippen LogP contribution in [-0.4, -0.2) is 39.3 Å². The van der Waals surface area contributed by atoms with Gasteiger partial charge >= 0.3 is 0 Å². The number of hydrogen-bond acceptors (Lipinski definition) is 6. The molecule has 1 atom stereocenters. The fourth-order valence-electron chi connectivity index (χ4n) is 3.20. The number of anilines is 2. The van der Waals surface area contributed by atoms with Gasteiger partial charge in [-0.1, -0.05) is 60.1 Å². The molecule has 0 bridgehead atoms. The standard InChI is InChI=1S/C19H26N4OS2/c1-13-9-11-15(12-10-13)20-18-21-22-19(26-18)25-14(2)17(24)23(3)16-7-5-4-6-8-16/h9-12,14,16H,4-8H2,1-3H3,(H,20,21). The van der Waals surface area contributed by atoms with Crippen molar-refractivity contribution in [2.45, 2.75) is 61.6 Å². The summed E-state index contributed by atoms with van der Waals surface area (Å²) >= 11 is 2.98. The summed E-state index contributed by atoms with van der Waals surface area (Å²) in [6.45, 7) is 4.02. The summed E-state index contributed by atoms with van der Waals surface area (Å²) in [7, 11) is 1.94. The molecule has 3 rings (SSSR count). The molecule has 1 saturated carbocycles. The van der Waals surface area contributed by atoms with Gasteiger partial charge in [0.25, 0.3) is 0 Å². The zero-order chi connectivity index (χ0) is 18.5. The van der Waals surface area contributed by atoms with E-state index in [1.165, 1.54) is 47.9 Å². The molecule has 1 heterocycles. The molecular formula is C19H26N4OS2. The van der Waals surface area contributed by atoms with Gasteiger partial charge in [0.15, 0.2) is 4.34 Å². The summed E-state index contributed by atoms with van der Waals surface area (Å²) < 4.78 is 0.817. The van der Waals surface area contributed by atoms with E-state index in [1.807, 2.05) is 31.0 Å². The SMILES string of the molecule is Cc1ccc(Nc2nnc(SC(C)C(=O)N(C)C3CCCCC3)s2)cc1. The third-order valence-electron chi connectivity index (χ3n) is 4.80. The van der Waals surface area contributed by atoms with Gasteiger partial charge in [-0.15, -0.1) is 10.2 Å². The van der Waals surface area contributed by atoms with Gasteiger partial charge in [-0.25, -0.2) is 0 Å². The fraction of sp³-hybridized carbons (Fsp3) is 0.526. The van der Waals surface area contributed by atoms with Gasteiger partial charge in [0.05, 0.1) is 5.25 Å². The number of benzene rings is 1. The second-order valence-electron chi connectivity index (χ2n) is 6.87. The number of aromatic nitrogens is 2. The minimum absolute atomic E-state index is 0.151. The number of thioether (sulfide) groups is 1. The average Bonchev–Trinajstić information content (AvgIpc) is 3.10. The first-order valence-corrected chi connectivity index (χ1v) is 10.8. The van der Waals surface area contributed by atoms with Gasteiger partial charge in [-0.3, -0.25) is 4.79 Å². The van der Waals surface area contributed by atoms with E-state index in [9.17, 15) is 4.79 Å². The lowest BCUT2D eigenvalue weighted by Gasteiger charge is -2.32. The topological polar surface area (TPSA) is 58.1 Å². The third kappa shape index (κ3) is 4.98. The predicted molar refractivity (Wildman–Crippen MR) is 109 cm³/mol. The van der Waals surface area contributed by atoms with Crippen molar-refractivity contribution < 1.29 is 4.79 Å². The van der Waals surface area contributed by atoms with E-state index in [2.05, 4.69) is 34.6 Å². The van der Waals surface area contributed by atoms with Gasteiger partial charge < -0.3 is 10.2 Å². The van der Waals surface area contributed by atoms with Crippen LogP contribution in [0.4, 0.5) is 10.8 Å². The van der Waals surface area contributed by atoms with Crippen LogP contribution in [0.2, 0.25) is 0 Å². The molecule has 1 fully saturated rings. The first-order valence-electron chi connectivity index (χ1n) is 9.13. The zero-order valence-electron chi connectivity index (χ0n) is 15.6. The second kappa shape index (κ2) is 8.86. The molecule has 1 aliphatic rings. The molecule has 0 aliphatic heterocycles. The first-order chi connectivity index (χ1) is 12.5. The number of nitrogens with zero attached hydrogens (tertiary/aromatic N) is 3. The Hall–Kier alpha value is -1.60. The summed E-state index contributed by atoms with van der Waals surface area (Å²) in [4.78, 5) is 14.7. The summed E-state index contributed by atoms with van der Waals surface area (Å²) in [6, 6.07) is 8.55. The number of aryl methyl sites for hydroxylation is 1.